The Bertz CT molecular complexity index is 821. The van der Waals surface area contributed by atoms with Crippen LogP contribution in [-0.4, -0.2) is 33.2 Å². The molecule has 0 atom stereocenters. The second-order valence-electron chi connectivity index (χ2n) is 4.26. The number of hydrogen-bond donors (Lipinski definition) is 0. The number of aromatic nitrogens is 3. The number of methoxy groups -OCH3 is 1. The lowest BCUT2D eigenvalue weighted by Crippen LogP contribution is -2.03. The lowest BCUT2D eigenvalue weighted by atomic mass is 10.1. The SMILES string of the molecule is COC(=O)CSc1ncnc2c(-c3ccc(Cl)cc3)nsc12. The molecule has 0 aliphatic rings. The number of thioether (sulfide) groups is 1. The van der Waals surface area contributed by atoms with Crippen LogP contribution in [0.25, 0.3) is 21.5 Å². The number of carbonyl (C=O) groups is 1. The highest BCUT2D eigenvalue weighted by Crippen LogP contribution is 2.34. The lowest BCUT2D eigenvalue weighted by molar-refractivity contribution is -0.137. The summed E-state index contributed by atoms with van der Waals surface area (Å²) in [7, 11) is 1.36. The normalized spacial score (nSPS) is 10.8. The third kappa shape index (κ3) is 3.06. The summed E-state index contributed by atoms with van der Waals surface area (Å²) in [5, 5.41) is 1.40. The highest BCUT2D eigenvalue weighted by molar-refractivity contribution is 8.00. The third-order valence-electron chi connectivity index (χ3n) is 2.90. The molecule has 5 nitrogen and oxygen atoms in total. The first-order chi connectivity index (χ1) is 10.7. The summed E-state index contributed by atoms with van der Waals surface area (Å²) in [4.78, 5) is 19.8. The van der Waals surface area contributed by atoms with Crippen molar-refractivity contribution < 1.29 is 9.53 Å². The molecule has 0 radical (unpaired) electrons. The number of hydrogen-bond acceptors (Lipinski definition) is 7. The Hall–Kier alpha value is -1.70. The molecule has 0 saturated carbocycles. The van der Waals surface area contributed by atoms with Gasteiger partial charge >= 0.3 is 5.97 Å². The molecule has 0 N–H and O–H groups in total. The molecule has 0 bridgehead atoms. The molecule has 0 fully saturated rings. The Balaban J connectivity index is 1.98. The maximum absolute atomic E-state index is 11.3. The minimum atomic E-state index is -0.292. The van der Waals surface area contributed by atoms with E-state index in [4.69, 9.17) is 11.6 Å². The topological polar surface area (TPSA) is 65.0 Å². The van der Waals surface area contributed by atoms with Crippen LogP contribution in [0.4, 0.5) is 0 Å². The minimum absolute atomic E-state index is 0.205. The van der Waals surface area contributed by atoms with Crippen LogP contribution < -0.4 is 0 Å². The molecule has 2 heterocycles. The molecule has 3 rings (SSSR count). The molecule has 8 heteroatoms. The first kappa shape index (κ1) is 15.2. The molecule has 1 aromatic carbocycles. The van der Waals surface area contributed by atoms with E-state index in [1.54, 1.807) is 0 Å². The Morgan fingerprint density at radius 1 is 1.32 bits per heavy atom. The van der Waals surface area contributed by atoms with Gasteiger partial charge < -0.3 is 4.74 Å². The zero-order valence-electron chi connectivity index (χ0n) is 11.4. The van der Waals surface area contributed by atoms with Crippen LogP contribution in [0, 0.1) is 0 Å². The van der Waals surface area contributed by atoms with Gasteiger partial charge in [0, 0.05) is 10.6 Å². The molecule has 112 valence electrons. The fourth-order valence-corrected chi connectivity index (χ4v) is 3.71. The Morgan fingerprint density at radius 2 is 2.09 bits per heavy atom. The van der Waals surface area contributed by atoms with Crippen molar-refractivity contribution in [2.75, 3.05) is 12.9 Å². The number of carbonyl (C=O) groups excluding carboxylic acids is 1. The molecule has 0 aliphatic heterocycles. The van der Waals surface area contributed by atoms with E-state index < -0.39 is 0 Å². The fourth-order valence-electron chi connectivity index (χ4n) is 1.83. The van der Waals surface area contributed by atoms with Crippen molar-refractivity contribution >= 4 is 51.1 Å². The van der Waals surface area contributed by atoms with Crippen LogP contribution in [0.1, 0.15) is 0 Å². The molecule has 0 amide bonds. The Morgan fingerprint density at radius 3 is 2.82 bits per heavy atom. The average molecular weight is 352 g/mol. The molecule has 0 saturated heterocycles. The summed E-state index contributed by atoms with van der Waals surface area (Å²) in [6.45, 7) is 0. The highest BCUT2D eigenvalue weighted by atomic mass is 35.5. The number of esters is 1. The first-order valence-electron chi connectivity index (χ1n) is 6.25. The summed E-state index contributed by atoms with van der Waals surface area (Å²) in [5.74, 6) is -0.0873. The van der Waals surface area contributed by atoms with Gasteiger partial charge in [-0.1, -0.05) is 35.5 Å². The largest absolute Gasteiger partial charge is 0.468 e. The molecule has 2 aromatic heterocycles. The van der Waals surface area contributed by atoms with Gasteiger partial charge in [0.1, 0.15) is 27.3 Å². The van der Waals surface area contributed by atoms with Crippen LogP contribution in [0.5, 0.6) is 0 Å². The van der Waals surface area contributed by atoms with Gasteiger partial charge in [0.2, 0.25) is 0 Å². The van der Waals surface area contributed by atoms with Gasteiger partial charge in [0.05, 0.1) is 12.9 Å². The van der Waals surface area contributed by atoms with Crippen LogP contribution >= 0.6 is 34.9 Å². The fraction of sp³-hybridized carbons (Fsp3) is 0.143. The maximum Gasteiger partial charge on any atom is 0.316 e. The zero-order chi connectivity index (χ0) is 15.5. The number of fused-ring (bicyclic) bond motifs is 1. The highest BCUT2D eigenvalue weighted by Gasteiger charge is 2.15. The van der Waals surface area contributed by atoms with Gasteiger partial charge in [-0.25, -0.2) is 9.97 Å². The summed E-state index contributed by atoms with van der Waals surface area (Å²) < 4.78 is 9.97. The zero-order valence-corrected chi connectivity index (χ0v) is 13.8. The van der Waals surface area contributed by atoms with Gasteiger partial charge in [-0.15, -0.1) is 0 Å². The number of ether oxygens (including phenoxy) is 1. The molecular formula is C14H10ClN3O2S2. The van der Waals surface area contributed by atoms with Crippen molar-refractivity contribution in [3.05, 3.63) is 35.6 Å². The molecule has 0 unspecified atom stereocenters. The van der Waals surface area contributed by atoms with Crippen LogP contribution in [0.15, 0.2) is 35.6 Å². The van der Waals surface area contributed by atoms with E-state index >= 15 is 0 Å². The van der Waals surface area contributed by atoms with Gasteiger partial charge in [0.15, 0.2) is 0 Å². The molecule has 22 heavy (non-hydrogen) atoms. The van der Waals surface area contributed by atoms with Crippen molar-refractivity contribution in [3.8, 4) is 11.3 Å². The second-order valence-corrected chi connectivity index (χ2v) is 6.43. The summed E-state index contributed by atoms with van der Waals surface area (Å²) in [6.07, 6.45) is 1.48. The van der Waals surface area contributed by atoms with Crippen molar-refractivity contribution in [1.82, 2.24) is 14.3 Å². The Labute approximate surface area is 139 Å². The van der Waals surface area contributed by atoms with Crippen molar-refractivity contribution in [1.29, 1.82) is 0 Å². The standard InChI is InChI=1S/C14H10ClN3O2S2/c1-20-10(19)6-21-14-13-12(16-7-17-14)11(18-22-13)8-2-4-9(15)5-3-8/h2-5,7H,6H2,1H3. The minimum Gasteiger partial charge on any atom is -0.468 e. The Kier molecular flexibility index (Phi) is 4.56. The van der Waals surface area contributed by atoms with Crippen LogP contribution in [0.2, 0.25) is 5.02 Å². The lowest BCUT2D eigenvalue weighted by Gasteiger charge is -2.01. The number of rotatable bonds is 4. The third-order valence-corrected chi connectivity index (χ3v) is 5.08. The van der Waals surface area contributed by atoms with Crippen molar-refractivity contribution in [2.24, 2.45) is 0 Å². The van der Waals surface area contributed by atoms with Gasteiger partial charge in [-0.05, 0) is 23.7 Å². The molecular weight excluding hydrogens is 342 g/mol. The number of nitrogens with zero attached hydrogens (tertiary/aromatic N) is 3. The van der Waals surface area contributed by atoms with E-state index in [9.17, 15) is 4.79 Å². The monoisotopic (exact) mass is 351 g/mol. The smallest absolute Gasteiger partial charge is 0.316 e. The van der Waals surface area contributed by atoms with E-state index in [2.05, 4.69) is 19.1 Å². The van der Waals surface area contributed by atoms with E-state index in [-0.39, 0.29) is 11.7 Å². The van der Waals surface area contributed by atoms with E-state index in [0.29, 0.717) is 5.02 Å². The summed E-state index contributed by atoms with van der Waals surface area (Å²) >= 11 is 8.55. The summed E-state index contributed by atoms with van der Waals surface area (Å²) in [5.41, 5.74) is 2.51. The molecule has 3 aromatic rings. The van der Waals surface area contributed by atoms with E-state index in [1.165, 1.54) is 36.7 Å². The van der Waals surface area contributed by atoms with Gasteiger partial charge in [-0.3, -0.25) is 4.79 Å². The van der Waals surface area contributed by atoms with E-state index in [1.807, 2.05) is 24.3 Å². The predicted molar refractivity (Wildman–Crippen MR) is 88.4 cm³/mol. The first-order valence-corrected chi connectivity index (χ1v) is 8.38. The number of halogens is 1. The van der Waals surface area contributed by atoms with Crippen molar-refractivity contribution in [3.63, 3.8) is 0 Å². The quantitative estimate of drug-likeness (QED) is 0.406. The molecule has 0 aliphatic carbocycles. The van der Waals surface area contributed by atoms with Crippen LogP contribution in [-0.2, 0) is 9.53 Å². The van der Waals surface area contributed by atoms with Crippen molar-refractivity contribution in [2.45, 2.75) is 5.03 Å². The van der Waals surface area contributed by atoms with E-state index in [0.717, 1.165) is 26.5 Å². The average Bonchev–Trinajstić information content (AvgIpc) is 2.98. The maximum atomic E-state index is 11.3. The summed E-state index contributed by atoms with van der Waals surface area (Å²) in [6, 6.07) is 7.44. The van der Waals surface area contributed by atoms with Gasteiger partial charge in [0.25, 0.3) is 0 Å². The predicted octanol–water partition coefficient (Wildman–Crippen LogP) is 3.67. The van der Waals surface area contributed by atoms with Gasteiger partial charge in [-0.2, -0.15) is 4.37 Å². The number of benzene rings is 1. The molecule has 0 spiro atoms. The van der Waals surface area contributed by atoms with Crippen LogP contribution in [0.3, 0.4) is 0 Å². The second kappa shape index (κ2) is 6.60.